The van der Waals surface area contributed by atoms with Gasteiger partial charge >= 0.3 is 0 Å². The third-order valence-electron chi connectivity index (χ3n) is 34.0. The van der Waals surface area contributed by atoms with E-state index in [1.807, 2.05) is 103 Å². The van der Waals surface area contributed by atoms with E-state index in [9.17, 15) is 0 Å². The Morgan fingerprint density at radius 1 is 0.365 bits per heavy atom. The number of aryl methyl sites for hydroxylation is 2. The molecular formula is C104H120Cl9N31O2S2. The largest absolute Gasteiger partial charge is 0.382 e. The summed E-state index contributed by atoms with van der Waals surface area (Å²) in [6, 6.07) is 20.8. The lowest BCUT2D eigenvalue weighted by atomic mass is 9.71. The second-order valence-corrected chi connectivity index (χ2v) is 47.6. The topological polar surface area (TPSA) is 393 Å². The predicted molar refractivity (Wildman–Crippen MR) is 591 cm³/mol. The van der Waals surface area contributed by atoms with Gasteiger partial charge in [0.1, 0.15) is 42.1 Å². The van der Waals surface area contributed by atoms with Crippen molar-refractivity contribution in [1.29, 1.82) is 0 Å². The number of rotatable bonds is 12. The third-order valence-corrected chi connectivity index (χ3v) is 39.8. The van der Waals surface area contributed by atoms with E-state index in [2.05, 4.69) is 115 Å². The molecule has 0 radical (unpaired) electrons. The summed E-state index contributed by atoms with van der Waals surface area (Å²) in [6.45, 7) is 26.2. The summed E-state index contributed by atoms with van der Waals surface area (Å²) in [7, 11) is 0. The first-order chi connectivity index (χ1) is 71.4. The number of anilines is 7. The molecule has 7 aliphatic heterocycles. The van der Waals surface area contributed by atoms with Crippen molar-refractivity contribution in [1.82, 2.24) is 103 Å². The van der Waals surface area contributed by atoms with Crippen LogP contribution in [0.3, 0.4) is 0 Å². The van der Waals surface area contributed by atoms with Crippen LogP contribution in [0, 0.1) is 58.7 Å². The van der Waals surface area contributed by atoms with Crippen molar-refractivity contribution in [3.8, 4) is 33.4 Å². The normalized spacial score (nSPS) is 22.7. The molecule has 3 aromatic carbocycles. The van der Waals surface area contributed by atoms with E-state index in [1.54, 1.807) is 62.1 Å². The molecule has 7 saturated heterocycles. The van der Waals surface area contributed by atoms with Crippen molar-refractivity contribution in [3.63, 3.8) is 0 Å². The van der Waals surface area contributed by atoms with Crippen LogP contribution in [0.1, 0.15) is 162 Å². The van der Waals surface area contributed by atoms with Crippen molar-refractivity contribution >= 4 is 198 Å². The minimum atomic E-state index is 0.0610. The fourth-order valence-electron chi connectivity index (χ4n) is 25.0. The zero-order valence-electron chi connectivity index (χ0n) is 83.5. The SMILES string of the molecule is C[C@@H]1CCCC12CCN(c1nc(Cl)c(-c3cccc(Cl)c3Cl)c3nncn13)CC2.C[C@@H]1CCCC12CCN(c1ncc(Sc3ccnc(N)c3Cl)c3nncn13)CC2.C[C@@H]1OCC2(CCN(c3ncc(Sc4ccnc(N)c4Cl)c4nccn34)CC2)[C@@H]1N.Cc1nc(N2CCC3(CC2)CO[C@@H](C)[C@H]3N)n2cnnc2c1-c1cccc(Cl)c1Cl.Cc1nc(N2CCC3(CC2)C[C@@H](C)C[C@H]3N)n2cnnc2c1-c1cccc(Cl)c1Cl. The number of nitrogens with two attached hydrogens (primary N) is 5. The van der Waals surface area contributed by atoms with Crippen LogP contribution in [-0.2, 0) is 9.47 Å². The first kappa shape index (κ1) is 104. The summed E-state index contributed by atoms with van der Waals surface area (Å²) in [5.41, 5.74) is 42.7. The lowest BCUT2D eigenvalue weighted by Crippen LogP contribution is -2.51. The third kappa shape index (κ3) is 19.6. The summed E-state index contributed by atoms with van der Waals surface area (Å²) in [4.78, 5) is 51.9. The van der Waals surface area contributed by atoms with Crippen LogP contribution < -0.4 is 53.2 Å². The second kappa shape index (κ2) is 42.8. The molecule has 15 aromatic rings. The van der Waals surface area contributed by atoms with Crippen LogP contribution in [0.4, 0.5) is 41.4 Å². The highest BCUT2D eigenvalue weighted by Crippen LogP contribution is 2.56. The molecule has 10 aliphatic rings. The number of pyridine rings is 2. The molecule has 3 saturated carbocycles. The highest BCUT2D eigenvalue weighted by Gasteiger charge is 2.52. The molecule has 0 unspecified atom stereocenters. The van der Waals surface area contributed by atoms with Crippen molar-refractivity contribution in [3.05, 3.63) is 186 Å². The molecule has 10 N–H and O–H groups in total. The van der Waals surface area contributed by atoms with Crippen molar-refractivity contribution in [2.24, 2.45) is 62.0 Å². The highest BCUT2D eigenvalue weighted by atomic mass is 35.5. The summed E-state index contributed by atoms with van der Waals surface area (Å²) in [5.74, 6) is 7.31. The minimum Gasteiger partial charge on any atom is -0.382 e. The van der Waals surface area contributed by atoms with E-state index in [0.717, 1.165) is 247 Å². The molecule has 25 rings (SSSR count). The Kier molecular flexibility index (Phi) is 30.2. The summed E-state index contributed by atoms with van der Waals surface area (Å²) in [6.07, 6.45) is 39.5. The average Bonchev–Trinajstić information content (AvgIpc) is 1.52. The van der Waals surface area contributed by atoms with E-state index in [1.165, 1.54) is 94.2 Å². The quantitative estimate of drug-likeness (QED) is 0.0709. The molecular weight excluding hydrogens is 2100 g/mol. The fourth-order valence-corrected chi connectivity index (χ4v) is 28.7. The van der Waals surface area contributed by atoms with Gasteiger partial charge in [-0.2, -0.15) is 0 Å². The molecule has 778 valence electrons. The van der Waals surface area contributed by atoms with E-state index in [-0.39, 0.29) is 40.5 Å². The van der Waals surface area contributed by atoms with Gasteiger partial charge in [0.25, 0.3) is 0 Å². The Labute approximate surface area is 912 Å². The van der Waals surface area contributed by atoms with Crippen molar-refractivity contribution < 1.29 is 9.47 Å². The zero-order valence-corrected chi connectivity index (χ0v) is 91.9. The molecule has 19 heterocycles. The molecule has 12 aromatic heterocycles. The lowest BCUT2D eigenvalue weighted by Gasteiger charge is -2.42. The molecule has 3 aliphatic carbocycles. The number of ether oxygens (including phenoxy) is 2. The van der Waals surface area contributed by atoms with Gasteiger partial charge in [0.05, 0.1) is 92.3 Å². The Morgan fingerprint density at radius 2 is 0.723 bits per heavy atom. The number of benzene rings is 3. The second-order valence-electron chi connectivity index (χ2n) is 42.0. The Hall–Kier alpha value is -9.51. The number of imidazole rings is 1. The summed E-state index contributed by atoms with van der Waals surface area (Å²) in [5, 5.41) is 38.2. The molecule has 8 atom stereocenters. The fraction of sp³-hybridized carbons (Fsp3) is 0.481. The molecule has 33 nitrogen and oxygen atoms in total. The molecule has 0 amide bonds. The molecule has 44 heteroatoms. The number of piperidine rings is 5. The Bertz CT molecular complexity index is 7270. The van der Waals surface area contributed by atoms with Gasteiger partial charge in [0.2, 0.25) is 29.7 Å². The maximum Gasteiger partial charge on any atom is 0.214 e. The van der Waals surface area contributed by atoms with E-state index >= 15 is 0 Å². The molecule has 148 heavy (non-hydrogen) atoms. The number of hydrogen-bond donors (Lipinski definition) is 5. The van der Waals surface area contributed by atoms with Crippen LogP contribution >= 0.6 is 128 Å². The van der Waals surface area contributed by atoms with Crippen LogP contribution in [0.2, 0.25) is 45.3 Å². The van der Waals surface area contributed by atoms with Crippen molar-refractivity contribution in [2.45, 2.75) is 214 Å². The zero-order chi connectivity index (χ0) is 103. The van der Waals surface area contributed by atoms with Crippen LogP contribution in [0.5, 0.6) is 0 Å². The summed E-state index contributed by atoms with van der Waals surface area (Å²) >= 11 is 60.5. The van der Waals surface area contributed by atoms with Gasteiger partial charge in [-0.1, -0.05) is 211 Å². The maximum atomic E-state index is 6.67. The first-order valence-corrected chi connectivity index (χ1v) is 55.9. The maximum absolute atomic E-state index is 6.67. The van der Waals surface area contributed by atoms with Gasteiger partial charge in [-0.05, 0) is 182 Å². The standard InChI is InChI=1S/C22H26Cl2N6.C21H22Cl3N5.C21H24Cl2N6O.C20H24ClN7OS.C20H24ClN7S/c1-13-10-17(25)22(11-13)6-8-29(9-7-22)21-27-14(2)18(20-28-26-12-30(20)21)15-4-3-5-16(23)19(15)24;1-13-4-3-7-21(13)8-10-28(11-9-21)20-26-18(24)16(19-27-25-12-29(19)20)14-5-2-6-15(22)17(14)23;1-12-16(14-4-3-5-15(22)17(14)23)19-27-25-11-29(19)20(26-12)28-8-6-21(7-9-28)10-30-13(2)18(21)24;1-12-16(22)20(11-29-12)3-7-27(8-4-20)19-26-10-14(18-25-6-9-28(18)19)30-13-2-5-24-17(23)15(13)21;1-13-3-2-5-20(13)6-9-27(10-7-20)19-24-11-15(18-26-25-12-28(18)19)29-14-4-8-23-17(22)16(14)21/h3-5,12-13,17H,6-11,25H2,1-2H3;2,5-6,12-13H,3-4,7-11H2,1H3;3-5,11,13,18H,6-10,24H2,1-2H3;2,5-6,9-10,12,16H,3-4,7-8,11,22H2,1H3,(H2,23,24);4,8,11-13H,2-3,5-7,9-10H2,1H3,(H2,22,23)/t13-,17+;13-;13-,18+;12-,16+;13-/m01001/s1. The molecule has 0 bridgehead atoms. The van der Waals surface area contributed by atoms with Gasteiger partial charge in [0.15, 0.2) is 28.2 Å². The number of nitrogens with zero attached hydrogens (tertiary/aromatic N) is 26. The predicted octanol–water partition coefficient (Wildman–Crippen LogP) is 21.8. The molecule has 5 spiro atoms. The monoisotopic (exact) mass is 2210 g/mol. The van der Waals surface area contributed by atoms with Gasteiger partial charge in [-0.3, -0.25) is 17.6 Å². The average molecular weight is 2220 g/mol. The Morgan fingerprint density at radius 3 is 1.11 bits per heavy atom. The number of halogens is 9. The van der Waals surface area contributed by atoms with Crippen LogP contribution in [0.25, 0.3) is 61.6 Å². The highest BCUT2D eigenvalue weighted by molar-refractivity contribution is 8.00. The number of nitrogen functional groups attached to an aromatic ring is 2. The van der Waals surface area contributed by atoms with Gasteiger partial charge in [-0.15, -0.1) is 40.8 Å². The number of hydrogen-bond acceptors (Lipinski definition) is 30. The molecule has 10 fully saturated rings. The van der Waals surface area contributed by atoms with Crippen LogP contribution in [0.15, 0.2) is 149 Å². The van der Waals surface area contributed by atoms with Gasteiger partial charge in [-0.25, -0.2) is 44.3 Å². The smallest absolute Gasteiger partial charge is 0.214 e. The van der Waals surface area contributed by atoms with Gasteiger partial charge < -0.3 is 62.6 Å². The van der Waals surface area contributed by atoms with Crippen LogP contribution in [-0.4, -0.2) is 212 Å². The minimum absolute atomic E-state index is 0.0610. The first-order valence-electron chi connectivity index (χ1n) is 50.9. The number of fused-ring (bicyclic) bond motifs is 5. The summed E-state index contributed by atoms with van der Waals surface area (Å²) < 4.78 is 21.5. The Balaban J connectivity index is 0.000000108. The number of aromatic nitrogens is 21. The van der Waals surface area contributed by atoms with E-state index in [4.69, 9.17) is 167 Å². The van der Waals surface area contributed by atoms with E-state index in [0.29, 0.717) is 90.6 Å². The van der Waals surface area contributed by atoms with Gasteiger partial charge in [0, 0.05) is 169 Å². The van der Waals surface area contributed by atoms with E-state index < -0.39 is 0 Å². The van der Waals surface area contributed by atoms with Crippen molar-refractivity contribution in [2.75, 3.05) is 115 Å². The lowest BCUT2D eigenvalue weighted by molar-refractivity contribution is 0.0972.